The van der Waals surface area contributed by atoms with Crippen LogP contribution in [-0.4, -0.2) is 10.9 Å². The monoisotopic (exact) mass is 430 g/mol. The molecule has 0 saturated heterocycles. The van der Waals surface area contributed by atoms with Crippen LogP contribution >= 0.6 is 15.9 Å². The summed E-state index contributed by atoms with van der Waals surface area (Å²) in [6, 6.07) is 25.7. The number of aromatic nitrogens is 1. The number of carbonyl (C=O) groups is 1. The molecular formula is C24H19BrN2O. The van der Waals surface area contributed by atoms with E-state index >= 15 is 0 Å². The maximum absolute atomic E-state index is 13.0. The van der Waals surface area contributed by atoms with E-state index in [1.54, 1.807) is 0 Å². The fourth-order valence-corrected chi connectivity index (χ4v) is 3.54. The van der Waals surface area contributed by atoms with Crippen LogP contribution in [0.2, 0.25) is 0 Å². The first-order valence-corrected chi connectivity index (χ1v) is 9.89. The van der Waals surface area contributed by atoms with Gasteiger partial charge in [0, 0.05) is 22.0 Å². The van der Waals surface area contributed by atoms with Gasteiger partial charge in [0.25, 0.3) is 5.91 Å². The molecule has 1 amide bonds. The molecule has 0 bridgehead atoms. The van der Waals surface area contributed by atoms with Gasteiger partial charge in [0.05, 0.1) is 16.8 Å². The number of rotatable bonds is 4. The summed E-state index contributed by atoms with van der Waals surface area (Å²) in [7, 11) is 0. The van der Waals surface area contributed by atoms with E-state index in [4.69, 9.17) is 4.98 Å². The minimum absolute atomic E-state index is 0.101. The molecule has 3 nitrogen and oxygen atoms in total. The Hall–Kier alpha value is -2.98. The number of carbonyl (C=O) groups excluding carboxylic acids is 1. The van der Waals surface area contributed by atoms with Crippen molar-refractivity contribution < 1.29 is 4.79 Å². The van der Waals surface area contributed by atoms with Crippen molar-refractivity contribution in [3.8, 4) is 11.3 Å². The Bertz CT molecular complexity index is 1150. The number of hydrogen-bond donors (Lipinski definition) is 1. The summed E-state index contributed by atoms with van der Waals surface area (Å²) in [5.41, 5.74) is 5.46. The minimum Gasteiger partial charge on any atom is -0.348 e. The number of pyridine rings is 1. The third-order valence-corrected chi connectivity index (χ3v) is 5.15. The number of para-hydroxylation sites is 1. The average molecular weight is 431 g/mol. The fourth-order valence-electron chi connectivity index (χ4n) is 3.14. The SMILES string of the molecule is Cc1ccc(CNC(=O)c2cc(-c3cccc(Br)c3)nc3ccccc23)cc1. The number of halogens is 1. The lowest BCUT2D eigenvalue weighted by atomic mass is 10.0. The first kappa shape index (κ1) is 18.4. The molecule has 0 radical (unpaired) electrons. The molecule has 0 aliphatic carbocycles. The van der Waals surface area contributed by atoms with Crippen LogP contribution in [-0.2, 0) is 6.54 Å². The number of aryl methyl sites for hydroxylation is 1. The molecule has 0 unspecified atom stereocenters. The van der Waals surface area contributed by atoms with Crippen molar-refractivity contribution in [1.29, 1.82) is 0 Å². The predicted octanol–water partition coefficient (Wildman–Crippen LogP) is 5.90. The van der Waals surface area contributed by atoms with Crippen LogP contribution in [0.4, 0.5) is 0 Å². The maximum Gasteiger partial charge on any atom is 0.252 e. The number of fused-ring (bicyclic) bond motifs is 1. The van der Waals surface area contributed by atoms with E-state index < -0.39 is 0 Å². The van der Waals surface area contributed by atoms with Crippen LogP contribution in [0.25, 0.3) is 22.2 Å². The molecule has 138 valence electrons. The van der Waals surface area contributed by atoms with Gasteiger partial charge in [-0.05, 0) is 36.8 Å². The smallest absolute Gasteiger partial charge is 0.252 e. The quantitative estimate of drug-likeness (QED) is 0.437. The third kappa shape index (κ3) is 3.97. The van der Waals surface area contributed by atoms with Crippen molar-refractivity contribution >= 4 is 32.7 Å². The van der Waals surface area contributed by atoms with Gasteiger partial charge < -0.3 is 5.32 Å². The standard InChI is InChI=1S/C24H19BrN2O/c1-16-9-11-17(12-10-16)15-26-24(28)21-14-23(18-5-4-6-19(25)13-18)27-22-8-3-2-7-20(21)22/h2-14H,15H2,1H3,(H,26,28). The Balaban J connectivity index is 1.70. The number of hydrogen-bond acceptors (Lipinski definition) is 2. The largest absolute Gasteiger partial charge is 0.348 e. The van der Waals surface area contributed by atoms with Gasteiger partial charge in [0.2, 0.25) is 0 Å². The van der Waals surface area contributed by atoms with Crippen LogP contribution in [0.1, 0.15) is 21.5 Å². The number of benzene rings is 3. The summed E-state index contributed by atoms with van der Waals surface area (Å²) in [4.78, 5) is 17.8. The highest BCUT2D eigenvalue weighted by molar-refractivity contribution is 9.10. The molecule has 0 fully saturated rings. The number of amides is 1. The van der Waals surface area contributed by atoms with E-state index in [0.717, 1.165) is 32.2 Å². The van der Waals surface area contributed by atoms with Crippen molar-refractivity contribution in [2.45, 2.75) is 13.5 Å². The second-order valence-corrected chi connectivity index (χ2v) is 7.67. The van der Waals surface area contributed by atoms with Crippen molar-refractivity contribution in [2.24, 2.45) is 0 Å². The Morgan fingerprint density at radius 3 is 2.54 bits per heavy atom. The predicted molar refractivity (Wildman–Crippen MR) is 117 cm³/mol. The van der Waals surface area contributed by atoms with Gasteiger partial charge in [0.1, 0.15) is 0 Å². The molecular weight excluding hydrogens is 412 g/mol. The minimum atomic E-state index is -0.101. The van der Waals surface area contributed by atoms with Crippen molar-refractivity contribution in [3.63, 3.8) is 0 Å². The molecule has 0 aliphatic heterocycles. The van der Waals surface area contributed by atoms with Crippen LogP contribution < -0.4 is 5.32 Å². The summed E-state index contributed by atoms with van der Waals surface area (Å²) >= 11 is 3.51. The number of nitrogens with zero attached hydrogens (tertiary/aromatic N) is 1. The van der Waals surface area contributed by atoms with Crippen LogP contribution in [0.5, 0.6) is 0 Å². The number of nitrogens with one attached hydrogen (secondary N) is 1. The van der Waals surface area contributed by atoms with Gasteiger partial charge >= 0.3 is 0 Å². The van der Waals surface area contributed by atoms with Crippen molar-refractivity contribution in [3.05, 3.63) is 100 Å². The Morgan fingerprint density at radius 2 is 1.75 bits per heavy atom. The molecule has 4 heteroatoms. The summed E-state index contributed by atoms with van der Waals surface area (Å²) < 4.78 is 0.977. The Kier molecular flexibility index (Phi) is 5.22. The zero-order valence-electron chi connectivity index (χ0n) is 15.4. The van der Waals surface area contributed by atoms with Gasteiger partial charge in [-0.2, -0.15) is 0 Å². The van der Waals surface area contributed by atoms with Gasteiger partial charge in [-0.15, -0.1) is 0 Å². The van der Waals surface area contributed by atoms with E-state index in [9.17, 15) is 4.79 Å². The first-order valence-electron chi connectivity index (χ1n) is 9.09. The third-order valence-electron chi connectivity index (χ3n) is 4.65. The summed E-state index contributed by atoms with van der Waals surface area (Å²) in [5, 5.41) is 3.89. The van der Waals surface area contributed by atoms with E-state index in [1.807, 2.05) is 66.7 Å². The summed E-state index contributed by atoms with van der Waals surface area (Å²) in [6.45, 7) is 2.54. The van der Waals surface area contributed by atoms with E-state index in [-0.39, 0.29) is 5.91 Å². The lowest BCUT2D eigenvalue weighted by molar-refractivity contribution is 0.0952. The zero-order valence-corrected chi connectivity index (χ0v) is 17.0. The molecule has 4 aromatic rings. The average Bonchev–Trinajstić information content (AvgIpc) is 2.72. The van der Waals surface area contributed by atoms with Crippen LogP contribution in [0, 0.1) is 6.92 Å². The fraction of sp³-hybridized carbons (Fsp3) is 0.0833. The second kappa shape index (κ2) is 7.95. The van der Waals surface area contributed by atoms with Gasteiger partial charge in [-0.3, -0.25) is 4.79 Å². The Morgan fingerprint density at radius 1 is 0.964 bits per heavy atom. The molecule has 0 aliphatic rings. The molecule has 3 aromatic carbocycles. The lowest BCUT2D eigenvalue weighted by Crippen LogP contribution is -2.23. The van der Waals surface area contributed by atoms with E-state index in [0.29, 0.717) is 12.1 Å². The molecule has 1 N–H and O–H groups in total. The van der Waals surface area contributed by atoms with E-state index in [1.165, 1.54) is 5.56 Å². The second-order valence-electron chi connectivity index (χ2n) is 6.75. The highest BCUT2D eigenvalue weighted by Gasteiger charge is 2.14. The Labute approximate surface area is 172 Å². The lowest BCUT2D eigenvalue weighted by Gasteiger charge is -2.11. The highest BCUT2D eigenvalue weighted by Crippen LogP contribution is 2.26. The summed E-state index contributed by atoms with van der Waals surface area (Å²) in [6.07, 6.45) is 0. The maximum atomic E-state index is 13.0. The van der Waals surface area contributed by atoms with E-state index in [2.05, 4.69) is 40.3 Å². The van der Waals surface area contributed by atoms with Crippen LogP contribution in [0.15, 0.2) is 83.3 Å². The first-order chi connectivity index (χ1) is 13.6. The summed E-state index contributed by atoms with van der Waals surface area (Å²) in [5.74, 6) is -0.101. The molecule has 0 saturated carbocycles. The highest BCUT2D eigenvalue weighted by atomic mass is 79.9. The van der Waals surface area contributed by atoms with Gasteiger partial charge in [-0.25, -0.2) is 4.98 Å². The molecule has 1 aromatic heterocycles. The molecule has 4 rings (SSSR count). The topological polar surface area (TPSA) is 42.0 Å². The normalized spacial score (nSPS) is 10.8. The van der Waals surface area contributed by atoms with Crippen LogP contribution in [0.3, 0.4) is 0 Å². The van der Waals surface area contributed by atoms with Gasteiger partial charge in [-0.1, -0.05) is 76.1 Å². The molecule has 0 atom stereocenters. The van der Waals surface area contributed by atoms with Crippen molar-refractivity contribution in [2.75, 3.05) is 0 Å². The zero-order chi connectivity index (χ0) is 19.5. The molecule has 28 heavy (non-hydrogen) atoms. The molecule has 0 spiro atoms. The van der Waals surface area contributed by atoms with Gasteiger partial charge in [0.15, 0.2) is 0 Å². The van der Waals surface area contributed by atoms with Crippen molar-refractivity contribution in [1.82, 2.24) is 10.3 Å². The molecule has 1 heterocycles.